The second-order valence-electron chi connectivity index (χ2n) is 19.0. The van der Waals surface area contributed by atoms with Crippen molar-refractivity contribution in [2.45, 2.75) is 19.8 Å². The summed E-state index contributed by atoms with van der Waals surface area (Å²) in [6.07, 6.45) is 4.00. The molecule has 3 aromatic heterocycles. The molecular weight excluding hydrogens is 839 g/mol. The summed E-state index contributed by atoms with van der Waals surface area (Å²) in [6.45, 7) is 2.36. The van der Waals surface area contributed by atoms with Gasteiger partial charge in [0.1, 0.15) is 5.58 Å². The lowest BCUT2D eigenvalue weighted by Gasteiger charge is -2.25. The summed E-state index contributed by atoms with van der Waals surface area (Å²) in [5, 5.41) is 12.0. The van der Waals surface area contributed by atoms with Gasteiger partial charge in [-0.15, -0.1) is 0 Å². The van der Waals surface area contributed by atoms with Crippen LogP contribution in [0.25, 0.3) is 110 Å². The van der Waals surface area contributed by atoms with Crippen LogP contribution in [0.15, 0.2) is 227 Å². The van der Waals surface area contributed by atoms with Crippen molar-refractivity contribution in [2.24, 2.45) is 10.9 Å². The van der Waals surface area contributed by atoms with Crippen molar-refractivity contribution in [3.05, 3.63) is 240 Å². The number of para-hydroxylation sites is 4. The number of hydrogen-bond acceptors (Lipinski definition) is 2. The first-order valence-electron chi connectivity index (χ1n) is 24.1. The number of furan rings is 1. The average Bonchev–Trinajstić information content (AvgIpc) is 4.05. The van der Waals surface area contributed by atoms with Gasteiger partial charge in [-0.1, -0.05) is 165 Å². The topological polar surface area (TPSA) is 35.4 Å². The normalized spacial score (nSPS) is 17.7. The van der Waals surface area contributed by atoms with E-state index in [0.29, 0.717) is 6.42 Å². The van der Waals surface area contributed by atoms with Crippen LogP contribution in [-0.4, -0.2) is 14.8 Å². The first-order valence-corrected chi connectivity index (χ1v) is 24.1. The van der Waals surface area contributed by atoms with Crippen molar-refractivity contribution in [3.63, 3.8) is 0 Å². The van der Waals surface area contributed by atoms with Crippen LogP contribution in [0.4, 0.5) is 0 Å². The van der Waals surface area contributed by atoms with Crippen LogP contribution < -0.4 is 0 Å². The fourth-order valence-corrected chi connectivity index (χ4v) is 11.9. The van der Waals surface area contributed by atoms with E-state index in [9.17, 15) is 0 Å². The first kappa shape index (κ1) is 38.4. The number of hydrogen-bond donors (Lipinski definition) is 0. The Morgan fingerprint density at radius 1 is 0.493 bits per heavy atom. The molecule has 2 aliphatic rings. The van der Waals surface area contributed by atoms with Crippen molar-refractivity contribution in [1.82, 2.24) is 9.13 Å². The molecule has 2 bridgehead atoms. The Hall–Kier alpha value is -8.73. The van der Waals surface area contributed by atoms with Crippen LogP contribution in [0.5, 0.6) is 0 Å². The summed E-state index contributed by atoms with van der Waals surface area (Å²) in [5.41, 5.74) is 17.8. The molecule has 10 aromatic carbocycles. The van der Waals surface area contributed by atoms with Crippen molar-refractivity contribution >= 4 is 104 Å². The van der Waals surface area contributed by atoms with E-state index in [0.717, 1.165) is 67.8 Å². The largest absolute Gasteiger partial charge is 0.454 e. The molecule has 15 rings (SSSR count). The Balaban J connectivity index is 1.09. The Bertz CT molecular complexity index is 4440. The SMILES string of the molecule is CC1C/C=C2/C(=C(c3ccc4ccccc4c3)\N=C/1c1cccc3c4ccccc4n(-c4ccccc4)c13)Cc1ccc3c4cc5ccccc5cc4n(c3c1)-c1c2ccc2c1oc1ccccc12. The maximum Gasteiger partial charge on any atom is 0.160 e. The van der Waals surface area contributed by atoms with Gasteiger partial charge in [-0.25, -0.2) is 0 Å². The molecule has 1 unspecified atom stereocenters. The molecule has 2 aliphatic heterocycles. The highest BCUT2D eigenvalue weighted by Gasteiger charge is 2.30. The zero-order chi connectivity index (χ0) is 45.3. The highest BCUT2D eigenvalue weighted by molar-refractivity contribution is 6.21. The summed E-state index contributed by atoms with van der Waals surface area (Å²) in [4.78, 5) is 6.14. The molecule has 13 aromatic rings. The third-order valence-corrected chi connectivity index (χ3v) is 15.1. The highest BCUT2D eigenvalue weighted by atomic mass is 16.3. The first-order chi connectivity index (χ1) is 34.1. The Kier molecular flexibility index (Phi) is 8.14. The minimum atomic E-state index is 0.0554. The quantitative estimate of drug-likeness (QED) is 0.174. The van der Waals surface area contributed by atoms with Crippen LogP contribution in [-0.2, 0) is 6.42 Å². The van der Waals surface area contributed by atoms with E-state index in [4.69, 9.17) is 9.41 Å². The van der Waals surface area contributed by atoms with Gasteiger partial charge in [0.05, 0.1) is 39.2 Å². The molecule has 0 aliphatic carbocycles. The lowest BCUT2D eigenvalue weighted by Crippen LogP contribution is -2.17. The van der Waals surface area contributed by atoms with Crippen molar-refractivity contribution < 1.29 is 4.42 Å². The maximum atomic E-state index is 7.11. The van der Waals surface area contributed by atoms with Gasteiger partial charge in [-0.3, -0.25) is 4.99 Å². The Morgan fingerprint density at radius 3 is 2.06 bits per heavy atom. The van der Waals surface area contributed by atoms with Gasteiger partial charge in [0.2, 0.25) is 0 Å². The van der Waals surface area contributed by atoms with Crippen LogP contribution in [0.3, 0.4) is 0 Å². The number of aliphatic imine (C=N–C) groups is 1. The number of aromatic nitrogens is 2. The molecule has 69 heavy (non-hydrogen) atoms. The summed E-state index contributed by atoms with van der Waals surface area (Å²) >= 11 is 0. The van der Waals surface area contributed by atoms with Gasteiger partial charge < -0.3 is 13.6 Å². The van der Waals surface area contributed by atoms with Gasteiger partial charge in [0.15, 0.2) is 5.58 Å². The van der Waals surface area contributed by atoms with E-state index in [2.05, 4.69) is 228 Å². The second-order valence-corrected chi connectivity index (χ2v) is 19.0. The van der Waals surface area contributed by atoms with E-state index in [1.54, 1.807) is 0 Å². The van der Waals surface area contributed by atoms with E-state index in [-0.39, 0.29) is 5.92 Å². The van der Waals surface area contributed by atoms with E-state index in [1.165, 1.54) is 81.9 Å². The molecule has 0 amide bonds. The molecule has 0 spiro atoms. The predicted octanol–water partition coefficient (Wildman–Crippen LogP) is 17.0. The van der Waals surface area contributed by atoms with E-state index < -0.39 is 0 Å². The number of benzene rings is 10. The number of allylic oxidation sites excluding steroid dienone is 3. The van der Waals surface area contributed by atoms with Gasteiger partial charge in [0, 0.05) is 67.0 Å². The van der Waals surface area contributed by atoms with E-state index >= 15 is 0 Å². The minimum Gasteiger partial charge on any atom is -0.454 e. The summed E-state index contributed by atoms with van der Waals surface area (Å²) < 4.78 is 12.1. The van der Waals surface area contributed by atoms with Gasteiger partial charge in [0.25, 0.3) is 0 Å². The molecule has 0 N–H and O–H groups in total. The van der Waals surface area contributed by atoms with Crippen LogP contribution in [0.1, 0.15) is 35.6 Å². The molecule has 1 atom stereocenters. The van der Waals surface area contributed by atoms with Crippen LogP contribution >= 0.6 is 0 Å². The molecule has 4 nitrogen and oxygen atoms in total. The third-order valence-electron chi connectivity index (χ3n) is 15.1. The molecule has 0 radical (unpaired) electrons. The molecule has 324 valence electrons. The number of fused-ring (bicyclic) bond motifs is 17. The highest BCUT2D eigenvalue weighted by Crippen LogP contribution is 2.48. The third kappa shape index (κ3) is 5.66. The standard InChI is InChI=1S/C65H43N3O/c1-39-26-30-47-52-32-33-53-50-21-10-12-25-60(50)69-65(53)64(52)68-58-35-40(27-31-49(58)55-37-43-16-7-8-17-44(43)38-59(55)68)34-56(47)62(45-29-28-41-14-5-6-15-42(41)36-45)66-61(39)54-23-13-22-51-48-20-9-11-24-57(48)67(63(51)54)46-18-3-2-4-19-46/h2-25,27-33,35-39H,26,34H2,1H3/b47-30+,62-56-,66-61+. The lowest BCUT2D eigenvalue weighted by molar-refractivity contribution is 0.666. The van der Waals surface area contributed by atoms with Crippen LogP contribution in [0, 0.1) is 5.92 Å². The van der Waals surface area contributed by atoms with Crippen molar-refractivity contribution in [1.29, 1.82) is 0 Å². The molecule has 0 saturated carbocycles. The van der Waals surface area contributed by atoms with Crippen molar-refractivity contribution in [2.75, 3.05) is 0 Å². The second kappa shape index (κ2) is 14.6. The molecule has 5 heterocycles. The molecule has 4 heteroatoms. The molecule has 0 fully saturated rings. The Labute approximate surface area is 398 Å². The number of nitrogens with zero attached hydrogens (tertiary/aromatic N) is 3. The molecular formula is C65H43N3O. The summed E-state index contributed by atoms with van der Waals surface area (Å²) in [6, 6.07) is 75.8. The van der Waals surface area contributed by atoms with Gasteiger partial charge >= 0.3 is 0 Å². The summed E-state index contributed by atoms with van der Waals surface area (Å²) in [5.74, 6) is 0.0554. The molecule has 0 saturated heterocycles. The fourth-order valence-electron chi connectivity index (χ4n) is 11.9. The minimum absolute atomic E-state index is 0.0554. The fraction of sp³-hybridized carbons (Fsp3) is 0.0615. The van der Waals surface area contributed by atoms with Gasteiger partial charge in [-0.2, -0.15) is 0 Å². The zero-order valence-corrected chi connectivity index (χ0v) is 37.9. The van der Waals surface area contributed by atoms with E-state index in [1.807, 2.05) is 0 Å². The van der Waals surface area contributed by atoms with Crippen molar-refractivity contribution in [3.8, 4) is 11.4 Å². The monoisotopic (exact) mass is 881 g/mol. The average molecular weight is 882 g/mol. The Morgan fingerprint density at radius 2 is 1.19 bits per heavy atom. The predicted molar refractivity (Wildman–Crippen MR) is 289 cm³/mol. The smallest absolute Gasteiger partial charge is 0.160 e. The maximum absolute atomic E-state index is 7.11. The zero-order valence-electron chi connectivity index (χ0n) is 37.9. The lowest BCUT2D eigenvalue weighted by atomic mass is 9.84. The van der Waals surface area contributed by atoms with Crippen LogP contribution in [0.2, 0.25) is 0 Å². The summed E-state index contributed by atoms with van der Waals surface area (Å²) in [7, 11) is 0. The van der Waals surface area contributed by atoms with Gasteiger partial charge in [-0.05, 0) is 99.3 Å². The number of rotatable bonds is 3.